The highest BCUT2D eigenvalue weighted by Crippen LogP contribution is 2.25. The van der Waals surface area contributed by atoms with Gasteiger partial charge in [-0.2, -0.15) is 4.31 Å². The molecule has 0 aliphatic carbocycles. The van der Waals surface area contributed by atoms with Crippen LogP contribution in [0.15, 0.2) is 71.8 Å². The Morgan fingerprint density at radius 3 is 2.25 bits per heavy atom. The van der Waals surface area contributed by atoms with Gasteiger partial charge in [0.05, 0.1) is 23.7 Å². The fourth-order valence-electron chi connectivity index (χ4n) is 3.79. The van der Waals surface area contributed by atoms with E-state index < -0.39 is 10.0 Å². The second-order valence-electron chi connectivity index (χ2n) is 7.90. The normalized spacial score (nSPS) is 11.5. The molecule has 1 amide bonds. The number of benzene rings is 2. The molecule has 3 aromatic rings. The first kappa shape index (κ1) is 23.6. The quantitative estimate of drug-likeness (QED) is 0.540. The van der Waals surface area contributed by atoms with Gasteiger partial charge in [-0.1, -0.05) is 54.1 Å². The lowest BCUT2D eigenvalue weighted by molar-refractivity contribution is -0.121. The summed E-state index contributed by atoms with van der Waals surface area (Å²) in [6.45, 7) is 5.72. The monoisotopic (exact) mass is 451 g/mol. The van der Waals surface area contributed by atoms with Crippen molar-refractivity contribution in [1.82, 2.24) is 14.6 Å². The van der Waals surface area contributed by atoms with E-state index in [1.165, 1.54) is 4.31 Å². The average molecular weight is 452 g/mol. The van der Waals surface area contributed by atoms with E-state index in [9.17, 15) is 13.2 Å². The fraction of sp³-hybridized carbons (Fsp3) is 0.280. The lowest BCUT2D eigenvalue weighted by atomic mass is 10.1. The van der Waals surface area contributed by atoms with Gasteiger partial charge in [0.2, 0.25) is 15.9 Å². The highest BCUT2D eigenvalue weighted by molar-refractivity contribution is 7.89. The van der Waals surface area contributed by atoms with Crippen LogP contribution < -0.4 is 5.32 Å². The lowest BCUT2D eigenvalue weighted by Gasteiger charge is -2.24. The van der Waals surface area contributed by atoms with E-state index in [0.29, 0.717) is 23.2 Å². The van der Waals surface area contributed by atoms with Crippen LogP contribution in [0.1, 0.15) is 27.9 Å². The van der Waals surface area contributed by atoms with Crippen LogP contribution in [-0.2, 0) is 27.8 Å². The van der Waals surface area contributed by atoms with E-state index in [4.69, 9.17) is 0 Å². The van der Waals surface area contributed by atoms with Crippen LogP contribution in [0, 0.1) is 20.8 Å². The van der Waals surface area contributed by atoms with Gasteiger partial charge in [0.25, 0.3) is 0 Å². The molecule has 6 nitrogen and oxygen atoms in total. The third-order valence-electron chi connectivity index (χ3n) is 5.21. The molecular weight excluding hydrogens is 422 g/mol. The molecule has 0 saturated carbocycles. The summed E-state index contributed by atoms with van der Waals surface area (Å²) in [4.78, 5) is 17.2. The number of hydrogen-bond donors (Lipinski definition) is 1. The Hall–Kier alpha value is -3.03. The van der Waals surface area contributed by atoms with Crippen LogP contribution in [0.25, 0.3) is 0 Å². The number of carbonyl (C=O) groups is 1. The van der Waals surface area contributed by atoms with Crippen molar-refractivity contribution in [2.75, 3.05) is 13.1 Å². The van der Waals surface area contributed by atoms with Crippen molar-refractivity contribution < 1.29 is 13.2 Å². The number of sulfonamides is 1. The van der Waals surface area contributed by atoms with Crippen LogP contribution in [0.5, 0.6) is 0 Å². The van der Waals surface area contributed by atoms with Gasteiger partial charge >= 0.3 is 0 Å². The molecule has 32 heavy (non-hydrogen) atoms. The molecule has 1 N–H and O–H groups in total. The Morgan fingerprint density at radius 2 is 1.62 bits per heavy atom. The summed E-state index contributed by atoms with van der Waals surface area (Å²) in [6.07, 6.45) is 2.17. The summed E-state index contributed by atoms with van der Waals surface area (Å²) in [5.74, 6) is -0.366. The number of aromatic nitrogens is 1. The van der Waals surface area contributed by atoms with Gasteiger partial charge in [-0.25, -0.2) is 8.42 Å². The van der Waals surface area contributed by atoms with Crippen molar-refractivity contribution in [2.45, 2.75) is 38.6 Å². The van der Waals surface area contributed by atoms with Gasteiger partial charge in [0.15, 0.2) is 0 Å². The van der Waals surface area contributed by atoms with Gasteiger partial charge in [0.1, 0.15) is 0 Å². The van der Waals surface area contributed by atoms with Crippen molar-refractivity contribution in [1.29, 1.82) is 0 Å². The highest BCUT2D eigenvalue weighted by Gasteiger charge is 2.29. The molecule has 1 aromatic heterocycles. The van der Waals surface area contributed by atoms with E-state index in [-0.39, 0.29) is 30.4 Å². The van der Waals surface area contributed by atoms with Crippen LogP contribution in [0.3, 0.4) is 0 Å². The first-order valence-corrected chi connectivity index (χ1v) is 12.0. The maximum Gasteiger partial charge on any atom is 0.244 e. The number of aryl methyl sites for hydroxylation is 3. The molecule has 168 valence electrons. The van der Waals surface area contributed by atoms with Crippen molar-refractivity contribution in [3.8, 4) is 0 Å². The average Bonchev–Trinajstić information content (AvgIpc) is 2.75. The maximum absolute atomic E-state index is 13.6. The molecule has 0 atom stereocenters. The molecule has 0 aliphatic rings. The number of pyridine rings is 1. The molecule has 0 bridgehead atoms. The number of nitrogens with zero attached hydrogens (tertiary/aromatic N) is 2. The van der Waals surface area contributed by atoms with Crippen molar-refractivity contribution in [3.63, 3.8) is 0 Å². The molecule has 0 radical (unpaired) electrons. The Balaban J connectivity index is 1.83. The predicted molar refractivity (Wildman–Crippen MR) is 126 cm³/mol. The zero-order valence-corrected chi connectivity index (χ0v) is 19.5. The number of rotatable bonds is 9. The first-order chi connectivity index (χ1) is 15.3. The largest absolute Gasteiger partial charge is 0.349 e. The Bertz CT molecular complexity index is 1140. The first-order valence-electron chi connectivity index (χ1n) is 10.6. The minimum absolute atomic E-state index is 0.204. The van der Waals surface area contributed by atoms with Gasteiger partial charge in [-0.05, 0) is 56.0 Å². The Morgan fingerprint density at radius 1 is 0.969 bits per heavy atom. The molecule has 0 unspecified atom stereocenters. The molecule has 0 aliphatic heterocycles. The van der Waals surface area contributed by atoms with Crippen LogP contribution in [0.2, 0.25) is 0 Å². The van der Waals surface area contributed by atoms with E-state index in [1.54, 1.807) is 26.1 Å². The minimum atomic E-state index is -3.87. The Labute approximate surface area is 190 Å². The smallest absolute Gasteiger partial charge is 0.244 e. The third-order valence-corrected chi connectivity index (χ3v) is 7.36. The lowest BCUT2D eigenvalue weighted by Crippen LogP contribution is -2.42. The summed E-state index contributed by atoms with van der Waals surface area (Å²) in [7, 11) is -3.87. The van der Waals surface area contributed by atoms with E-state index >= 15 is 0 Å². The molecule has 2 aromatic carbocycles. The van der Waals surface area contributed by atoms with Gasteiger partial charge in [-0.3, -0.25) is 9.78 Å². The summed E-state index contributed by atoms with van der Waals surface area (Å²) in [5, 5.41) is 2.78. The summed E-state index contributed by atoms with van der Waals surface area (Å²) < 4.78 is 28.6. The van der Waals surface area contributed by atoms with E-state index in [2.05, 4.69) is 10.3 Å². The number of nitrogens with one attached hydrogen (secondary N) is 1. The predicted octanol–water partition coefficient (Wildman–Crippen LogP) is 3.56. The number of hydrogen-bond acceptors (Lipinski definition) is 4. The third kappa shape index (κ3) is 6.02. The van der Waals surface area contributed by atoms with E-state index in [0.717, 1.165) is 11.1 Å². The second-order valence-corrected chi connectivity index (χ2v) is 9.77. The van der Waals surface area contributed by atoms with Crippen LogP contribution in [0.4, 0.5) is 0 Å². The van der Waals surface area contributed by atoms with Gasteiger partial charge in [-0.15, -0.1) is 0 Å². The standard InChI is InChI=1S/C25H29N3O3S/c1-19-15-20(2)25(21(3)16-19)32(30,31)28(14-12-22-9-5-4-6-10-22)18-24(29)27-17-23-11-7-8-13-26-23/h4-11,13,15-16H,12,14,17-18H2,1-3H3,(H,27,29). The molecular formula is C25H29N3O3S. The fourth-order valence-corrected chi connectivity index (χ4v) is 5.60. The molecule has 0 fully saturated rings. The molecule has 1 heterocycles. The summed E-state index contributed by atoms with van der Waals surface area (Å²) in [6, 6.07) is 18.8. The van der Waals surface area contributed by atoms with Crippen molar-refractivity contribution >= 4 is 15.9 Å². The summed E-state index contributed by atoms with van der Waals surface area (Å²) in [5.41, 5.74) is 4.09. The molecule has 0 spiro atoms. The number of carbonyl (C=O) groups excluding carboxylic acids is 1. The van der Waals surface area contributed by atoms with Gasteiger partial charge in [0, 0.05) is 12.7 Å². The zero-order valence-electron chi connectivity index (χ0n) is 18.7. The van der Waals surface area contributed by atoms with Crippen molar-refractivity contribution in [3.05, 3.63) is 94.8 Å². The minimum Gasteiger partial charge on any atom is -0.349 e. The SMILES string of the molecule is Cc1cc(C)c(S(=O)(=O)N(CCc2ccccc2)CC(=O)NCc2ccccn2)c(C)c1. The molecule has 3 rings (SSSR count). The topological polar surface area (TPSA) is 79.4 Å². The van der Waals surface area contributed by atoms with Crippen LogP contribution in [-0.4, -0.2) is 36.7 Å². The highest BCUT2D eigenvalue weighted by atomic mass is 32.2. The Kier molecular flexibility index (Phi) is 7.77. The zero-order chi connectivity index (χ0) is 23.1. The number of amides is 1. The molecule has 7 heteroatoms. The van der Waals surface area contributed by atoms with Crippen LogP contribution >= 0.6 is 0 Å². The van der Waals surface area contributed by atoms with Crippen molar-refractivity contribution in [2.24, 2.45) is 0 Å². The van der Waals surface area contributed by atoms with Gasteiger partial charge < -0.3 is 5.32 Å². The summed E-state index contributed by atoms with van der Waals surface area (Å²) >= 11 is 0. The second kappa shape index (κ2) is 10.5. The maximum atomic E-state index is 13.6. The molecule has 0 saturated heterocycles. The van der Waals surface area contributed by atoms with E-state index in [1.807, 2.05) is 61.5 Å².